The third-order valence-electron chi connectivity index (χ3n) is 5.25. The highest BCUT2D eigenvalue weighted by Gasteiger charge is 2.33. The Hall–Kier alpha value is -3.35. The van der Waals surface area contributed by atoms with E-state index in [-0.39, 0.29) is 11.6 Å². The van der Waals surface area contributed by atoms with Gasteiger partial charge in [-0.2, -0.15) is 0 Å². The first-order chi connectivity index (χ1) is 14.4. The number of fused-ring (bicyclic) bond motifs is 1. The molecule has 0 fully saturated rings. The number of hydrogen-bond acceptors (Lipinski definition) is 4. The molecule has 0 bridgehead atoms. The molecule has 30 heavy (non-hydrogen) atoms. The van der Waals surface area contributed by atoms with E-state index in [1.165, 1.54) is 0 Å². The minimum Gasteiger partial charge on any atom is -0.487 e. The van der Waals surface area contributed by atoms with Crippen LogP contribution in [-0.4, -0.2) is 33.1 Å². The van der Waals surface area contributed by atoms with Crippen molar-refractivity contribution >= 4 is 5.96 Å². The van der Waals surface area contributed by atoms with Crippen LogP contribution in [-0.2, 0) is 6.54 Å². The number of benzene rings is 1. The monoisotopic (exact) mass is 404 g/mol. The lowest BCUT2D eigenvalue weighted by atomic mass is 9.90. The molecule has 3 aromatic rings. The van der Waals surface area contributed by atoms with Gasteiger partial charge in [0.1, 0.15) is 23.0 Å². The largest absolute Gasteiger partial charge is 0.487 e. The maximum atomic E-state index is 6.13. The van der Waals surface area contributed by atoms with Crippen molar-refractivity contribution in [2.75, 3.05) is 7.05 Å². The lowest BCUT2D eigenvalue weighted by molar-refractivity contribution is 0.0694. The number of imidazole rings is 1. The first-order valence-corrected chi connectivity index (χ1v) is 10.2. The Balaban J connectivity index is 1.42. The zero-order chi connectivity index (χ0) is 21.1. The number of aryl methyl sites for hydroxylation is 1. The molecule has 1 unspecified atom stereocenters. The van der Waals surface area contributed by atoms with E-state index >= 15 is 0 Å². The van der Waals surface area contributed by atoms with Crippen molar-refractivity contribution in [3.63, 3.8) is 0 Å². The van der Waals surface area contributed by atoms with Crippen molar-refractivity contribution in [1.82, 2.24) is 25.2 Å². The van der Waals surface area contributed by atoms with Gasteiger partial charge in [-0.05, 0) is 38.5 Å². The first-order valence-electron chi connectivity index (χ1n) is 10.2. The second kappa shape index (κ2) is 8.18. The van der Waals surface area contributed by atoms with Gasteiger partial charge in [0.15, 0.2) is 5.96 Å². The van der Waals surface area contributed by atoms with Crippen LogP contribution in [0.25, 0.3) is 5.82 Å². The molecule has 2 aromatic heterocycles. The molecule has 1 aliphatic rings. The van der Waals surface area contributed by atoms with Gasteiger partial charge in [-0.3, -0.25) is 9.56 Å². The van der Waals surface area contributed by atoms with Gasteiger partial charge < -0.3 is 15.4 Å². The fourth-order valence-electron chi connectivity index (χ4n) is 3.76. The summed E-state index contributed by atoms with van der Waals surface area (Å²) in [5.74, 6) is 3.45. The predicted octanol–water partition coefficient (Wildman–Crippen LogP) is 3.54. The number of rotatable bonds is 4. The van der Waals surface area contributed by atoms with Crippen LogP contribution in [0.15, 0.2) is 60.0 Å². The second-order valence-corrected chi connectivity index (χ2v) is 8.10. The highest BCUT2D eigenvalue weighted by atomic mass is 16.5. The van der Waals surface area contributed by atoms with E-state index < -0.39 is 0 Å². The molecule has 0 spiro atoms. The summed E-state index contributed by atoms with van der Waals surface area (Å²) in [7, 11) is 1.79. The number of hydrogen-bond donors (Lipinski definition) is 2. The quantitative estimate of drug-likeness (QED) is 0.514. The minimum atomic E-state index is -0.240. The molecule has 0 amide bonds. The fraction of sp³-hybridized carbons (Fsp3) is 0.348. The van der Waals surface area contributed by atoms with Crippen LogP contribution in [0.1, 0.15) is 43.3 Å². The lowest BCUT2D eigenvalue weighted by Gasteiger charge is -2.38. The Kier molecular flexibility index (Phi) is 5.44. The summed E-state index contributed by atoms with van der Waals surface area (Å²) in [5.41, 5.74) is 1.99. The van der Waals surface area contributed by atoms with Crippen LogP contribution >= 0.6 is 0 Å². The smallest absolute Gasteiger partial charge is 0.191 e. The van der Waals surface area contributed by atoms with Crippen molar-refractivity contribution in [2.45, 2.75) is 45.4 Å². The molecule has 3 heterocycles. The topological polar surface area (TPSA) is 76.4 Å². The van der Waals surface area contributed by atoms with Crippen molar-refractivity contribution in [1.29, 1.82) is 0 Å². The Morgan fingerprint density at radius 2 is 2.07 bits per heavy atom. The summed E-state index contributed by atoms with van der Waals surface area (Å²) in [4.78, 5) is 13.2. The highest BCUT2D eigenvalue weighted by molar-refractivity contribution is 5.80. The zero-order valence-electron chi connectivity index (χ0n) is 17.9. The van der Waals surface area contributed by atoms with Crippen LogP contribution in [0, 0.1) is 6.92 Å². The van der Waals surface area contributed by atoms with Crippen molar-refractivity contribution in [3.8, 4) is 11.6 Å². The molecule has 1 aromatic carbocycles. The summed E-state index contributed by atoms with van der Waals surface area (Å²) in [6, 6.07) is 12.4. The molecular weight excluding hydrogens is 376 g/mol. The molecule has 4 rings (SSSR count). The van der Waals surface area contributed by atoms with Crippen molar-refractivity contribution in [2.24, 2.45) is 4.99 Å². The van der Waals surface area contributed by atoms with E-state index in [0.717, 1.165) is 40.9 Å². The summed E-state index contributed by atoms with van der Waals surface area (Å²) >= 11 is 0. The summed E-state index contributed by atoms with van der Waals surface area (Å²) < 4.78 is 8.09. The molecule has 1 atom stereocenters. The maximum absolute atomic E-state index is 6.13. The Morgan fingerprint density at radius 3 is 2.77 bits per heavy atom. The number of aliphatic imine (C=N–C) groups is 1. The van der Waals surface area contributed by atoms with Gasteiger partial charge in [-0.25, -0.2) is 9.97 Å². The van der Waals surface area contributed by atoms with E-state index in [0.29, 0.717) is 6.54 Å². The van der Waals surface area contributed by atoms with E-state index in [4.69, 9.17) is 4.74 Å². The number of para-hydroxylation sites is 1. The molecule has 156 valence electrons. The van der Waals surface area contributed by atoms with Crippen molar-refractivity contribution < 1.29 is 4.74 Å². The second-order valence-electron chi connectivity index (χ2n) is 8.10. The van der Waals surface area contributed by atoms with Gasteiger partial charge in [0.05, 0.1) is 6.04 Å². The molecule has 7 nitrogen and oxygen atoms in total. The van der Waals surface area contributed by atoms with E-state index in [1.807, 2.05) is 48.1 Å². The highest BCUT2D eigenvalue weighted by Crippen LogP contribution is 2.39. The average molecular weight is 405 g/mol. The summed E-state index contributed by atoms with van der Waals surface area (Å²) in [5, 5.41) is 6.95. The lowest BCUT2D eigenvalue weighted by Crippen LogP contribution is -2.45. The fourth-order valence-corrected chi connectivity index (χ4v) is 3.76. The number of guanidine groups is 1. The molecule has 0 saturated carbocycles. The van der Waals surface area contributed by atoms with Gasteiger partial charge in [-0.15, -0.1) is 0 Å². The van der Waals surface area contributed by atoms with Crippen LogP contribution in [0.3, 0.4) is 0 Å². The Labute approximate surface area is 177 Å². The number of nitrogens with one attached hydrogen (secondary N) is 2. The van der Waals surface area contributed by atoms with Crippen LogP contribution in [0.4, 0.5) is 0 Å². The molecule has 7 heteroatoms. The molecular formula is C23H28N6O. The van der Waals surface area contributed by atoms with E-state index in [1.54, 1.807) is 13.2 Å². The standard InChI is InChI=1S/C23H28N6O/c1-16-25-11-12-29(16)21-10-9-17(14-26-21)15-27-22(24-4)28-19-13-23(2,3)30-20-8-6-5-7-18(19)20/h5-12,14,19H,13,15H2,1-4H3,(H2,24,27,28). The third kappa shape index (κ3) is 4.30. The third-order valence-corrected chi connectivity index (χ3v) is 5.25. The van der Waals surface area contributed by atoms with Gasteiger partial charge in [0.2, 0.25) is 0 Å². The van der Waals surface area contributed by atoms with Crippen molar-refractivity contribution in [3.05, 3.63) is 71.9 Å². The minimum absolute atomic E-state index is 0.126. The normalized spacial score (nSPS) is 17.7. The van der Waals surface area contributed by atoms with E-state index in [2.05, 4.69) is 51.6 Å². The molecule has 0 radical (unpaired) electrons. The SMILES string of the molecule is CN=C(NCc1ccc(-n2ccnc2C)nc1)NC1CC(C)(C)Oc2ccccc21. The predicted molar refractivity (Wildman–Crippen MR) is 118 cm³/mol. The van der Waals surface area contributed by atoms with Gasteiger partial charge in [0, 0.05) is 44.2 Å². The van der Waals surface area contributed by atoms with E-state index in [9.17, 15) is 0 Å². The molecule has 0 aliphatic carbocycles. The van der Waals surface area contributed by atoms with Crippen LogP contribution < -0.4 is 15.4 Å². The Bertz CT molecular complexity index is 1040. The number of nitrogens with zero attached hydrogens (tertiary/aromatic N) is 4. The van der Waals surface area contributed by atoms with Gasteiger partial charge >= 0.3 is 0 Å². The molecule has 2 N–H and O–H groups in total. The molecule has 0 saturated heterocycles. The number of ether oxygens (including phenoxy) is 1. The zero-order valence-corrected chi connectivity index (χ0v) is 17.9. The van der Waals surface area contributed by atoms with Crippen LogP contribution in [0.5, 0.6) is 5.75 Å². The number of pyridine rings is 1. The summed E-state index contributed by atoms with van der Waals surface area (Å²) in [6.07, 6.45) is 6.42. The van der Waals surface area contributed by atoms with Gasteiger partial charge in [0.25, 0.3) is 0 Å². The first kappa shape index (κ1) is 19.9. The summed E-state index contributed by atoms with van der Waals surface area (Å²) in [6.45, 7) is 6.82. The average Bonchev–Trinajstić information content (AvgIpc) is 3.16. The molecule has 1 aliphatic heterocycles. The van der Waals surface area contributed by atoms with Crippen LogP contribution in [0.2, 0.25) is 0 Å². The van der Waals surface area contributed by atoms with Gasteiger partial charge in [-0.1, -0.05) is 24.3 Å². The Morgan fingerprint density at radius 1 is 1.23 bits per heavy atom. The number of aromatic nitrogens is 3. The maximum Gasteiger partial charge on any atom is 0.191 e.